The van der Waals surface area contributed by atoms with Crippen LogP contribution in [0, 0.1) is 13.8 Å². The Kier molecular flexibility index (Phi) is 4.84. The summed E-state index contributed by atoms with van der Waals surface area (Å²) >= 11 is 0. The standard InChI is InChI=1S/C19H28N2O/c1-14-15(2)21(19-11-7-6-10-18(14)19)13-17(22)12-20-16-8-4-3-5-9-16/h6-7,10-11,16-17,20,22H,3-5,8-9,12-13H2,1-2H3/p+1. The molecule has 3 heteroatoms. The van der Waals surface area contributed by atoms with Crippen LogP contribution in [0.1, 0.15) is 43.4 Å². The number of nitrogens with zero attached hydrogens (tertiary/aromatic N) is 1. The van der Waals surface area contributed by atoms with Gasteiger partial charge in [0, 0.05) is 16.6 Å². The number of benzene rings is 1. The third-order valence-electron chi connectivity index (χ3n) is 5.33. The van der Waals surface area contributed by atoms with Crippen LogP contribution in [-0.2, 0) is 6.54 Å². The molecule has 1 aromatic heterocycles. The van der Waals surface area contributed by atoms with E-state index in [2.05, 4.69) is 48.0 Å². The van der Waals surface area contributed by atoms with Crippen molar-refractivity contribution in [3.63, 3.8) is 0 Å². The molecule has 3 rings (SSSR count). The largest absolute Gasteiger partial charge is 0.385 e. The second-order valence-corrected chi connectivity index (χ2v) is 6.86. The molecular weight excluding hydrogens is 272 g/mol. The molecule has 1 aromatic carbocycles. The van der Waals surface area contributed by atoms with Crippen LogP contribution in [0.5, 0.6) is 0 Å². The number of quaternary nitrogens is 1. The summed E-state index contributed by atoms with van der Waals surface area (Å²) in [4.78, 5) is 0. The zero-order chi connectivity index (χ0) is 15.5. The maximum absolute atomic E-state index is 10.5. The third kappa shape index (κ3) is 3.21. The van der Waals surface area contributed by atoms with Gasteiger partial charge in [0.15, 0.2) is 0 Å². The highest BCUT2D eigenvalue weighted by Gasteiger charge is 2.19. The Morgan fingerprint density at radius 2 is 1.91 bits per heavy atom. The Morgan fingerprint density at radius 1 is 1.18 bits per heavy atom. The minimum absolute atomic E-state index is 0.282. The predicted octanol–water partition coefficient (Wildman–Crippen LogP) is 2.52. The van der Waals surface area contributed by atoms with Crippen molar-refractivity contribution < 1.29 is 10.4 Å². The molecule has 3 N–H and O–H groups in total. The number of fused-ring (bicyclic) bond motifs is 1. The van der Waals surface area contributed by atoms with Crippen molar-refractivity contribution >= 4 is 10.9 Å². The summed E-state index contributed by atoms with van der Waals surface area (Å²) < 4.78 is 2.28. The number of hydrogen-bond acceptors (Lipinski definition) is 1. The number of rotatable bonds is 5. The van der Waals surface area contributed by atoms with Crippen molar-refractivity contribution in [3.05, 3.63) is 35.5 Å². The van der Waals surface area contributed by atoms with E-state index in [1.54, 1.807) is 0 Å². The number of aliphatic hydroxyl groups excluding tert-OH is 1. The summed E-state index contributed by atoms with van der Waals surface area (Å²) in [6.07, 6.45) is 6.46. The molecular formula is C19H29N2O+. The van der Waals surface area contributed by atoms with E-state index in [4.69, 9.17) is 0 Å². The smallest absolute Gasteiger partial charge is 0.121 e. The van der Waals surface area contributed by atoms with E-state index in [-0.39, 0.29) is 6.10 Å². The van der Waals surface area contributed by atoms with Gasteiger partial charge in [0.05, 0.1) is 12.6 Å². The number of nitrogens with two attached hydrogens (primary N) is 1. The van der Waals surface area contributed by atoms with Gasteiger partial charge in [-0.2, -0.15) is 0 Å². The van der Waals surface area contributed by atoms with Gasteiger partial charge in [-0.3, -0.25) is 0 Å². The first-order valence-corrected chi connectivity index (χ1v) is 8.72. The maximum atomic E-state index is 10.5. The van der Waals surface area contributed by atoms with Crippen LogP contribution >= 0.6 is 0 Å². The van der Waals surface area contributed by atoms with Crippen molar-refractivity contribution in [2.75, 3.05) is 6.54 Å². The number of hydrogen-bond donors (Lipinski definition) is 2. The lowest BCUT2D eigenvalue weighted by Crippen LogP contribution is -2.92. The quantitative estimate of drug-likeness (QED) is 0.875. The lowest BCUT2D eigenvalue weighted by Gasteiger charge is -2.22. The fourth-order valence-corrected chi connectivity index (χ4v) is 3.84. The monoisotopic (exact) mass is 301 g/mol. The van der Waals surface area contributed by atoms with Crippen LogP contribution < -0.4 is 5.32 Å². The first-order chi connectivity index (χ1) is 10.7. The summed E-state index contributed by atoms with van der Waals surface area (Å²) in [5.41, 5.74) is 3.85. The van der Waals surface area contributed by atoms with Gasteiger partial charge in [0.25, 0.3) is 0 Å². The van der Waals surface area contributed by atoms with Gasteiger partial charge < -0.3 is 15.0 Å². The van der Waals surface area contributed by atoms with Crippen molar-refractivity contribution in [2.24, 2.45) is 0 Å². The van der Waals surface area contributed by atoms with Crippen molar-refractivity contribution in [1.29, 1.82) is 0 Å². The molecule has 2 aromatic rings. The molecule has 0 saturated heterocycles. The Bertz CT molecular complexity index is 626. The van der Waals surface area contributed by atoms with Crippen LogP contribution in [0.2, 0.25) is 0 Å². The molecule has 120 valence electrons. The topological polar surface area (TPSA) is 41.8 Å². The molecule has 22 heavy (non-hydrogen) atoms. The van der Waals surface area contributed by atoms with Crippen LogP contribution in [-0.4, -0.2) is 28.4 Å². The van der Waals surface area contributed by atoms with Crippen molar-refractivity contribution in [2.45, 2.75) is 64.6 Å². The Morgan fingerprint density at radius 3 is 2.68 bits per heavy atom. The fraction of sp³-hybridized carbons (Fsp3) is 0.579. The lowest BCUT2D eigenvalue weighted by molar-refractivity contribution is -0.697. The highest BCUT2D eigenvalue weighted by atomic mass is 16.3. The Hall–Kier alpha value is -1.32. The molecule has 0 radical (unpaired) electrons. The van der Waals surface area contributed by atoms with Crippen molar-refractivity contribution in [1.82, 2.24) is 4.57 Å². The van der Waals surface area contributed by atoms with Gasteiger partial charge in [-0.15, -0.1) is 0 Å². The summed E-state index contributed by atoms with van der Waals surface area (Å²) in [5, 5.41) is 14.2. The first-order valence-electron chi connectivity index (χ1n) is 8.72. The Balaban J connectivity index is 1.66. The molecule has 1 aliphatic rings. The zero-order valence-electron chi connectivity index (χ0n) is 13.9. The molecule has 1 heterocycles. The van der Waals surface area contributed by atoms with E-state index in [1.807, 2.05) is 0 Å². The minimum atomic E-state index is -0.282. The molecule has 1 unspecified atom stereocenters. The molecule has 0 bridgehead atoms. The van der Waals surface area contributed by atoms with Gasteiger partial charge >= 0.3 is 0 Å². The summed E-state index contributed by atoms with van der Waals surface area (Å²) in [5.74, 6) is 0. The van der Waals surface area contributed by atoms with E-state index in [0.29, 0.717) is 6.54 Å². The number of aromatic nitrogens is 1. The molecule has 1 aliphatic carbocycles. The maximum Gasteiger partial charge on any atom is 0.121 e. The fourth-order valence-electron chi connectivity index (χ4n) is 3.84. The van der Waals surface area contributed by atoms with Crippen LogP contribution in [0.25, 0.3) is 10.9 Å². The van der Waals surface area contributed by atoms with Gasteiger partial charge in [0.1, 0.15) is 12.6 Å². The molecule has 1 fully saturated rings. The van der Waals surface area contributed by atoms with E-state index in [1.165, 1.54) is 54.3 Å². The number of aryl methyl sites for hydroxylation is 1. The second-order valence-electron chi connectivity index (χ2n) is 6.86. The highest BCUT2D eigenvalue weighted by Crippen LogP contribution is 2.25. The van der Waals surface area contributed by atoms with Crippen LogP contribution in [0.4, 0.5) is 0 Å². The molecule has 1 saturated carbocycles. The van der Waals surface area contributed by atoms with Crippen LogP contribution in [0.15, 0.2) is 24.3 Å². The van der Waals surface area contributed by atoms with Gasteiger partial charge in [0.2, 0.25) is 0 Å². The molecule has 3 nitrogen and oxygen atoms in total. The summed E-state index contributed by atoms with van der Waals surface area (Å²) in [7, 11) is 0. The number of para-hydroxylation sites is 1. The average molecular weight is 301 g/mol. The molecule has 0 amide bonds. The zero-order valence-corrected chi connectivity index (χ0v) is 13.9. The molecule has 0 aliphatic heterocycles. The Labute approximate surface area is 133 Å². The second kappa shape index (κ2) is 6.84. The first kappa shape index (κ1) is 15.6. The average Bonchev–Trinajstić information content (AvgIpc) is 2.79. The van der Waals surface area contributed by atoms with E-state index in [0.717, 1.165) is 12.6 Å². The lowest BCUT2D eigenvalue weighted by atomic mass is 9.95. The minimum Gasteiger partial charge on any atom is -0.385 e. The van der Waals surface area contributed by atoms with E-state index < -0.39 is 0 Å². The normalized spacial score (nSPS) is 18.0. The van der Waals surface area contributed by atoms with Gasteiger partial charge in [-0.1, -0.05) is 24.6 Å². The van der Waals surface area contributed by atoms with Gasteiger partial charge in [-0.05, 0) is 51.2 Å². The molecule has 0 spiro atoms. The number of aliphatic hydroxyl groups is 1. The van der Waals surface area contributed by atoms with Crippen LogP contribution in [0.3, 0.4) is 0 Å². The SMILES string of the molecule is Cc1c(C)n(CC(O)C[NH2+]C2CCCCC2)c2ccccc12. The highest BCUT2D eigenvalue weighted by molar-refractivity contribution is 5.85. The summed E-state index contributed by atoms with van der Waals surface area (Å²) in [6.45, 7) is 5.85. The summed E-state index contributed by atoms with van der Waals surface area (Å²) in [6, 6.07) is 9.24. The van der Waals surface area contributed by atoms with E-state index >= 15 is 0 Å². The third-order valence-corrected chi connectivity index (χ3v) is 5.33. The van der Waals surface area contributed by atoms with E-state index in [9.17, 15) is 5.11 Å². The van der Waals surface area contributed by atoms with Crippen molar-refractivity contribution in [3.8, 4) is 0 Å². The van der Waals surface area contributed by atoms with Gasteiger partial charge in [-0.25, -0.2) is 0 Å². The molecule has 1 atom stereocenters. The predicted molar refractivity (Wildman–Crippen MR) is 91.1 cm³/mol.